The van der Waals surface area contributed by atoms with Gasteiger partial charge >= 0.3 is 0 Å². The Kier molecular flexibility index (Phi) is 6.78. The normalized spacial score (nSPS) is 15.4. The van der Waals surface area contributed by atoms with Crippen molar-refractivity contribution in [2.24, 2.45) is 0 Å². The van der Waals surface area contributed by atoms with Crippen molar-refractivity contribution >= 4 is 30.6 Å². The number of aromatic nitrogens is 2. The number of fused-ring (bicyclic) bond motifs is 1. The molecular formula is C25H34N4O2Si. The minimum atomic E-state index is -1.19. The molecule has 0 spiro atoms. The standard InChI is InChI=1S/C25H34N4O2Si/c1-27-13-15-28(16-14-27)21-11-8-12-22-23(21)26-25(24(30)20-9-6-5-7-10-20)29(22)19-31-17-18-32(2,3)4/h5-12H,13-19H2,1-4H3. The van der Waals surface area contributed by atoms with Crippen molar-refractivity contribution in [1.82, 2.24) is 14.5 Å². The van der Waals surface area contributed by atoms with Crippen molar-refractivity contribution in [2.45, 2.75) is 32.4 Å². The zero-order valence-electron chi connectivity index (χ0n) is 19.7. The molecule has 0 radical (unpaired) electrons. The molecule has 1 aromatic heterocycles. The second-order valence-corrected chi connectivity index (χ2v) is 15.5. The lowest BCUT2D eigenvalue weighted by molar-refractivity contribution is 0.0834. The number of piperazine rings is 1. The molecule has 1 fully saturated rings. The molecule has 170 valence electrons. The molecule has 0 bridgehead atoms. The number of hydrogen-bond donors (Lipinski definition) is 0. The summed E-state index contributed by atoms with van der Waals surface area (Å²) in [6, 6.07) is 16.7. The maximum Gasteiger partial charge on any atom is 0.228 e. The van der Waals surface area contributed by atoms with Gasteiger partial charge in [0, 0.05) is 46.4 Å². The third kappa shape index (κ3) is 5.11. The van der Waals surface area contributed by atoms with E-state index in [2.05, 4.69) is 48.6 Å². The molecule has 1 saturated heterocycles. The number of nitrogens with zero attached hydrogens (tertiary/aromatic N) is 4. The Bertz CT molecular complexity index is 1070. The van der Waals surface area contributed by atoms with Crippen LogP contribution in [0.4, 0.5) is 5.69 Å². The third-order valence-corrected chi connectivity index (χ3v) is 7.76. The van der Waals surface area contributed by atoms with Gasteiger partial charge in [-0.1, -0.05) is 56.0 Å². The van der Waals surface area contributed by atoms with Gasteiger partial charge in [0.15, 0.2) is 5.82 Å². The van der Waals surface area contributed by atoms with Gasteiger partial charge in [-0.25, -0.2) is 4.98 Å². The van der Waals surface area contributed by atoms with E-state index < -0.39 is 8.07 Å². The summed E-state index contributed by atoms with van der Waals surface area (Å²) in [7, 11) is 0.968. The fraction of sp³-hybridized carbons (Fsp3) is 0.440. The number of likely N-dealkylation sites (N-methyl/N-ethyl adjacent to an activating group) is 1. The van der Waals surface area contributed by atoms with E-state index >= 15 is 0 Å². The number of hydrogen-bond acceptors (Lipinski definition) is 5. The van der Waals surface area contributed by atoms with Crippen LogP contribution in [0, 0.1) is 0 Å². The zero-order chi connectivity index (χ0) is 22.7. The molecule has 32 heavy (non-hydrogen) atoms. The Hall–Kier alpha value is -2.48. The maximum atomic E-state index is 13.4. The van der Waals surface area contributed by atoms with Gasteiger partial charge in [0.25, 0.3) is 0 Å². The van der Waals surface area contributed by atoms with Crippen molar-refractivity contribution in [1.29, 1.82) is 0 Å². The Morgan fingerprint density at radius 2 is 1.72 bits per heavy atom. The average molecular weight is 451 g/mol. The first kappa shape index (κ1) is 22.7. The van der Waals surface area contributed by atoms with Crippen LogP contribution in [0.1, 0.15) is 16.2 Å². The van der Waals surface area contributed by atoms with Gasteiger partial charge in [0.2, 0.25) is 5.78 Å². The predicted octanol–water partition coefficient (Wildman–Crippen LogP) is 4.33. The molecule has 2 heterocycles. The van der Waals surface area contributed by atoms with E-state index in [4.69, 9.17) is 9.72 Å². The first-order chi connectivity index (χ1) is 15.3. The van der Waals surface area contributed by atoms with Gasteiger partial charge < -0.3 is 14.5 Å². The smallest absolute Gasteiger partial charge is 0.228 e. The van der Waals surface area contributed by atoms with E-state index in [9.17, 15) is 4.79 Å². The largest absolute Gasteiger partial charge is 0.367 e. The molecule has 7 heteroatoms. The highest BCUT2D eigenvalue weighted by Crippen LogP contribution is 2.29. The minimum Gasteiger partial charge on any atom is -0.367 e. The second kappa shape index (κ2) is 9.56. The molecule has 0 aliphatic carbocycles. The van der Waals surface area contributed by atoms with Gasteiger partial charge in [-0.05, 0) is 25.2 Å². The number of carbonyl (C=O) groups excluding carboxylic acids is 1. The lowest BCUT2D eigenvalue weighted by atomic mass is 10.1. The lowest BCUT2D eigenvalue weighted by Gasteiger charge is -2.34. The predicted molar refractivity (Wildman–Crippen MR) is 133 cm³/mol. The van der Waals surface area contributed by atoms with Crippen LogP contribution in [0.3, 0.4) is 0 Å². The fourth-order valence-corrected chi connectivity index (χ4v) is 4.75. The molecule has 0 saturated carbocycles. The average Bonchev–Trinajstić information content (AvgIpc) is 3.15. The summed E-state index contributed by atoms with van der Waals surface area (Å²) in [6.07, 6.45) is 0. The first-order valence-corrected chi connectivity index (χ1v) is 15.1. The highest BCUT2D eigenvalue weighted by Gasteiger charge is 2.24. The molecule has 0 atom stereocenters. The molecule has 1 aliphatic heterocycles. The molecule has 0 amide bonds. The van der Waals surface area contributed by atoms with Gasteiger partial charge in [0.05, 0.1) is 11.2 Å². The van der Waals surface area contributed by atoms with Crippen LogP contribution in [0.5, 0.6) is 0 Å². The monoisotopic (exact) mass is 450 g/mol. The second-order valence-electron chi connectivity index (χ2n) is 9.84. The summed E-state index contributed by atoms with van der Waals surface area (Å²) in [5, 5.41) is 0. The molecule has 3 aromatic rings. The van der Waals surface area contributed by atoms with Crippen molar-refractivity contribution in [2.75, 3.05) is 44.7 Å². The van der Waals surface area contributed by atoms with E-state index in [0.29, 0.717) is 24.7 Å². The van der Waals surface area contributed by atoms with Gasteiger partial charge in [0.1, 0.15) is 12.2 Å². The van der Waals surface area contributed by atoms with E-state index in [0.717, 1.165) is 48.9 Å². The molecule has 6 nitrogen and oxygen atoms in total. The molecule has 2 aromatic carbocycles. The summed E-state index contributed by atoms with van der Waals surface area (Å²) in [5.74, 6) is 0.376. The lowest BCUT2D eigenvalue weighted by Crippen LogP contribution is -2.44. The van der Waals surface area contributed by atoms with Crippen LogP contribution < -0.4 is 4.90 Å². The van der Waals surface area contributed by atoms with Crippen LogP contribution >= 0.6 is 0 Å². The SMILES string of the molecule is CN1CCN(c2cccc3c2nc(C(=O)c2ccccc2)n3COCC[Si](C)(C)C)CC1. The Morgan fingerprint density at radius 3 is 2.41 bits per heavy atom. The summed E-state index contributed by atoms with van der Waals surface area (Å²) in [6.45, 7) is 12.0. The Morgan fingerprint density at radius 1 is 1.00 bits per heavy atom. The van der Waals surface area contributed by atoms with Gasteiger partial charge in [-0.3, -0.25) is 9.36 Å². The van der Waals surface area contributed by atoms with Crippen molar-refractivity contribution in [3.8, 4) is 0 Å². The van der Waals surface area contributed by atoms with E-state index in [1.54, 1.807) is 0 Å². The zero-order valence-corrected chi connectivity index (χ0v) is 20.7. The fourth-order valence-electron chi connectivity index (χ4n) is 3.99. The van der Waals surface area contributed by atoms with Crippen LogP contribution in [-0.2, 0) is 11.5 Å². The van der Waals surface area contributed by atoms with Gasteiger partial charge in [-0.15, -0.1) is 0 Å². The minimum absolute atomic E-state index is 0.0695. The number of para-hydroxylation sites is 1. The van der Waals surface area contributed by atoms with Crippen LogP contribution in [0.2, 0.25) is 25.7 Å². The number of ether oxygens (including phenoxy) is 1. The molecule has 0 unspecified atom stereocenters. The summed E-state index contributed by atoms with van der Waals surface area (Å²) in [5.41, 5.74) is 3.57. The number of ketones is 1. The highest BCUT2D eigenvalue weighted by molar-refractivity contribution is 6.76. The molecule has 4 rings (SSSR count). The molecular weight excluding hydrogens is 416 g/mol. The molecule has 1 aliphatic rings. The summed E-state index contributed by atoms with van der Waals surface area (Å²) >= 11 is 0. The Labute approximate surface area is 191 Å². The quantitative estimate of drug-likeness (QED) is 0.290. The van der Waals surface area contributed by atoms with Crippen molar-refractivity contribution in [3.63, 3.8) is 0 Å². The number of rotatable bonds is 8. The molecule has 0 N–H and O–H groups in total. The van der Waals surface area contributed by atoms with Crippen molar-refractivity contribution < 1.29 is 9.53 Å². The van der Waals surface area contributed by atoms with Crippen LogP contribution in [0.25, 0.3) is 11.0 Å². The van der Waals surface area contributed by atoms with Crippen LogP contribution in [0.15, 0.2) is 48.5 Å². The Balaban J connectivity index is 1.70. The number of benzene rings is 2. The number of imidazole rings is 1. The highest BCUT2D eigenvalue weighted by atomic mass is 28.3. The summed E-state index contributed by atoms with van der Waals surface area (Å²) < 4.78 is 8.03. The van der Waals surface area contributed by atoms with E-state index in [-0.39, 0.29) is 5.78 Å². The summed E-state index contributed by atoms with van der Waals surface area (Å²) in [4.78, 5) is 23.0. The topological polar surface area (TPSA) is 50.6 Å². The van der Waals surface area contributed by atoms with E-state index in [1.165, 1.54) is 0 Å². The third-order valence-electron chi connectivity index (χ3n) is 6.06. The number of anilines is 1. The maximum absolute atomic E-state index is 13.4. The van der Waals surface area contributed by atoms with Crippen LogP contribution in [-0.4, -0.2) is 68.1 Å². The first-order valence-electron chi connectivity index (χ1n) is 11.4. The van der Waals surface area contributed by atoms with E-state index in [1.807, 2.05) is 41.0 Å². The number of carbonyl (C=O) groups is 1. The van der Waals surface area contributed by atoms with Gasteiger partial charge in [-0.2, -0.15) is 0 Å². The van der Waals surface area contributed by atoms with Crippen molar-refractivity contribution in [3.05, 3.63) is 59.9 Å².